The first-order chi connectivity index (χ1) is 36.7. The third-order valence-electron chi connectivity index (χ3n) is 14.1. The SMILES string of the molecule is C[n+]1[c-]n(-c2[c-]cc(-c3ccccc3-c3cc(-c4ccccc4-c4c[c-]c(-n5[c-][n+](C)c6ccccc65)cc4Br)cc(-c4ccccc4-c4c[c-]c(-n5[c-][n+](C)c6ccccc65)cc4Br)c3)c(Br)c2)c2ccccc21.[Ir]. The van der Waals surface area contributed by atoms with Gasteiger partial charge in [-0.2, -0.15) is 54.6 Å². The first-order valence-corrected chi connectivity index (χ1v) is 26.8. The Morgan fingerprint density at radius 3 is 0.842 bits per heavy atom. The van der Waals surface area contributed by atoms with Gasteiger partial charge in [0.1, 0.15) is 0 Å². The fourth-order valence-electron chi connectivity index (χ4n) is 10.5. The molecule has 1 radical (unpaired) electrons. The Kier molecular flexibility index (Phi) is 13.3. The first kappa shape index (κ1) is 49.6. The Labute approximate surface area is 480 Å². The minimum atomic E-state index is 0. The maximum Gasteiger partial charge on any atom is 0.242 e. The molecule has 3 aromatic heterocycles. The van der Waals surface area contributed by atoms with Gasteiger partial charge in [-0.1, -0.05) is 241 Å². The van der Waals surface area contributed by atoms with Crippen LogP contribution in [0.25, 0.3) is 117 Å². The van der Waals surface area contributed by atoms with E-state index in [4.69, 9.17) is 0 Å². The number of imidazole rings is 3. The van der Waals surface area contributed by atoms with Crippen LogP contribution in [0.4, 0.5) is 0 Å². The summed E-state index contributed by atoms with van der Waals surface area (Å²) in [6.07, 6.45) is 10.4. The van der Waals surface area contributed by atoms with Crippen molar-refractivity contribution < 1.29 is 33.8 Å². The van der Waals surface area contributed by atoms with E-state index in [0.29, 0.717) is 0 Å². The minimum Gasteiger partial charge on any atom is -0.342 e. The molecule has 3 heterocycles. The van der Waals surface area contributed by atoms with Crippen molar-refractivity contribution in [1.29, 1.82) is 0 Å². The summed E-state index contributed by atoms with van der Waals surface area (Å²) in [5, 5.41) is 0. The van der Waals surface area contributed by atoms with Crippen molar-refractivity contribution in [3.05, 3.63) is 251 Å². The molecule has 13 rings (SSSR count). The topological polar surface area (TPSA) is 26.4 Å². The molecule has 0 amide bonds. The molecule has 0 N–H and O–H groups in total. The summed E-state index contributed by atoms with van der Waals surface area (Å²) in [6, 6.07) is 81.6. The second-order valence-corrected chi connectivity index (χ2v) is 21.2. The van der Waals surface area contributed by atoms with Gasteiger partial charge < -0.3 is 27.4 Å². The minimum absolute atomic E-state index is 0. The molecule has 0 saturated heterocycles. The molecule has 76 heavy (non-hydrogen) atoms. The molecule has 0 unspecified atom stereocenters. The van der Waals surface area contributed by atoms with Crippen LogP contribution < -0.4 is 13.7 Å². The van der Waals surface area contributed by atoms with E-state index in [2.05, 4.69) is 299 Å². The molecule has 0 bridgehead atoms. The van der Waals surface area contributed by atoms with Gasteiger partial charge in [-0.05, 0) is 51.6 Å². The maximum absolute atomic E-state index is 4.03. The van der Waals surface area contributed by atoms with E-state index in [1.807, 2.05) is 34.8 Å². The third-order valence-corrected chi connectivity index (χ3v) is 16.1. The summed E-state index contributed by atoms with van der Waals surface area (Å²) < 4.78 is 15.1. The van der Waals surface area contributed by atoms with Crippen molar-refractivity contribution in [2.45, 2.75) is 0 Å². The Balaban J connectivity index is 0.00000582. The predicted octanol–water partition coefficient (Wildman–Crippen LogP) is 15.1. The fourth-order valence-corrected chi connectivity index (χ4v) is 12.1. The smallest absolute Gasteiger partial charge is 0.242 e. The molecule has 0 spiro atoms. The summed E-state index contributed by atoms with van der Waals surface area (Å²) in [6.45, 7) is 0. The number of aryl methyl sites for hydroxylation is 3. The summed E-state index contributed by atoms with van der Waals surface area (Å²) >= 11 is 12.1. The zero-order valence-corrected chi connectivity index (χ0v) is 48.4. The van der Waals surface area contributed by atoms with Crippen LogP contribution in [0.15, 0.2) is 214 Å². The van der Waals surface area contributed by atoms with E-state index >= 15 is 0 Å². The van der Waals surface area contributed by atoms with Crippen LogP contribution in [0, 0.1) is 37.2 Å². The van der Waals surface area contributed by atoms with Crippen molar-refractivity contribution in [3.8, 4) is 83.8 Å². The average molecular weight is 1350 g/mol. The normalized spacial score (nSPS) is 11.4. The number of para-hydroxylation sites is 6. The van der Waals surface area contributed by atoms with E-state index < -0.39 is 0 Å². The second-order valence-electron chi connectivity index (χ2n) is 18.6. The van der Waals surface area contributed by atoms with Gasteiger partial charge in [0.2, 0.25) is 19.0 Å². The van der Waals surface area contributed by atoms with Crippen LogP contribution in [-0.2, 0) is 41.2 Å². The summed E-state index contributed by atoms with van der Waals surface area (Å²) in [4.78, 5) is 0. The van der Waals surface area contributed by atoms with Crippen molar-refractivity contribution in [1.82, 2.24) is 13.7 Å². The summed E-state index contributed by atoms with van der Waals surface area (Å²) in [5.41, 5.74) is 22.0. The van der Waals surface area contributed by atoms with Crippen LogP contribution in [0.3, 0.4) is 0 Å². The molecule has 0 fully saturated rings. The fraction of sp³-hybridized carbons (Fsp3) is 0.0455. The van der Waals surface area contributed by atoms with Gasteiger partial charge in [0.25, 0.3) is 0 Å². The predicted molar refractivity (Wildman–Crippen MR) is 309 cm³/mol. The molecule has 0 aliphatic rings. The first-order valence-electron chi connectivity index (χ1n) is 24.4. The molecule has 0 atom stereocenters. The zero-order chi connectivity index (χ0) is 50.9. The standard InChI is InChI=1S/C66H42Br3N6.Ir/c1-70-40-73(64-25-13-10-22-61(64)70)46-28-31-55(58(67)37-46)52-19-7-4-16-49(52)43-34-44(50-17-5-8-20-53(50)56-32-29-47(38-59(56)68)74-41-71(2)62-23-11-14-26-65(62)74)36-45(35-43)51-18-6-9-21-54(51)57-33-30-48(39-60(57)69)75-42-72(3)63-24-12-15-27-66(63)75;/h4-27,31-39H,1-3H3;/q-3;. The van der Waals surface area contributed by atoms with Crippen LogP contribution in [0.2, 0.25) is 0 Å². The molecule has 0 aliphatic heterocycles. The molecule has 6 nitrogen and oxygen atoms in total. The maximum atomic E-state index is 4.03. The van der Waals surface area contributed by atoms with E-state index in [1.54, 1.807) is 0 Å². The van der Waals surface area contributed by atoms with Crippen molar-refractivity contribution >= 4 is 80.9 Å². The van der Waals surface area contributed by atoms with Crippen LogP contribution in [0.5, 0.6) is 0 Å². The summed E-state index contributed by atoms with van der Waals surface area (Å²) in [7, 11) is 6.07. The number of rotatable bonds is 9. The van der Waals surface area contributed by atoms with Crippen molar-refractivity contribution in [3.63, 3.8) is 0 Å². The number of fused-ring (bicyclic) bond motifs is 3. The number of halogens is 3. The zero-order valence-electron chi connectivity index (χ0n) is 41.2. The largest absolute Gasteiger partial charge is 0.342 e. The van der Waals surface area contributed by atoms with Crippen LogP contribution in [-0.4, -0.2) is 13.7 Å². The number of benzene rings is 10. The van der Waals surface area contributed by atoms with E-state index in [0.717, 1.165) is 130 Å². The van der Waals surface area contributed by atoms with Crippen molar-refractivity contribution in [2.24, 2.45) is 21.1 Å². The molecular weight excluding hydrogens is 1310 g/mol. The van der Waals surface area contributed by atoms with Crippen LogP contribution in [0.1, 0.15) is 0 Å². The van der Waals surface area contributed by atoms with Gasteiger partial charge in [0.05, 0.1) is 54.2 Å². The van der Waals surface area contributed by atoms with Gasteiger partial charge >= 0.3 is 0 Å². The van der Waals surface area contributed by atoms with Gasteiger partial charge in [-0.25, -0.2) is 0 Å². The number of nitrogens with zero attached hydrogens (tertiary/aromatic N) is 6. The van der Waals surface area contributed by atoms with Crippen molar-refractivity contribution in [2.75, 3.05) is 0 Å². The Bertz CT molecular complexity index is 3960. The van der Waals surface area contributed by atoms with Gasteiger partial charge in [0, 0.05) is 20.1 Å². The Morgan fingerprint density at radius 2 is 0.566 bits per heavy atom. The molecule has 10 aromatic carbocycles. The van der Waals surface area contributed by atoms with Gasteiger partial charge in [-0.3, -0.25) is 0 Å². The van der Waals surface area contributed by atoms with Gasteiger partial charge in [-0.15, -0.1) is 16.7 Å². The molecular formula is C66H42Br3IrN6-3. The second kappa shape index (κ2) is 20.3. The molecule has 13 aromatic rings. The summed E-state index contributed by atoms with van der Waals surface area (Å²) in [5.74, 6) is 0. The Hall–Kier alpha value is -7.30. The molecule has 369 valence electrons. The quantitative estimate of drug-likeness (QED) is 0.102. The molecule has 0 aliphatic carbocycles. The van der Waals surface area contributed by atoms with Crippen LogP contribution >= 0.6 is 47.8 Å². The van der Waals surface area contributed by atoms with Gasteiger partial charge in [0.15, 0.2) is 0 Å². The third kappa shape index (κ3) is 8.72. The average Bonchev–Trinajstić information content (AvgIpc) is 4.10. The van der Waals surface area contributed by atoms with E-state index in [1.165, 1.54) is 0 Å². The number of hydrogen-bond acceptors (Lipinski definition) is 0. The monoisotopic (exact) mass is 1350 g/mol. The van der Waals surface area contributed by atoms with E-state index in [-0.39, 0.29) is 20.1 Å². The Morgan fingerprint density at radius 1 is 0.316 bits per heavy atom. The number of aromatic nitrogens is 6. The molecule has 0 saturated carbocycles. The van der Waals surface area contributed by atoms with E-state index in [9.17, 15) is 0 Å². The number of hydrogen-bond donors (Lipinski definition) is 0. The molecule has 10 heteroatoms.